The molecule has 20 heavy (non-hydrogen) atoms. The topological polar surface area (TPSA) is 77.9 Å². The van der Waals surface area contributed by atoms with Crippen LogP contribution in [0.25, 0.3) is 0 Å². The van der Waals surface area contributed by atoms with Crippen LogP contribution < -0.4 is 0 Å². The average molecular weight is 304 g/mol. The van der Waals surface area contributed by atoms with Crippen molar-refractivity contribution in [1.82, 2.24) is 9.80 Å². The zero-order valence-electron chi connectivity index (χ0n) is 12.0. The molecular weight excluding hydrogens is 280 g/mol. The molecule has 2 fully saturated rings. The smallest absolute Gasteiger partial charge is 0.230 e. The third kappa shape index (κ3) is 3.51. The molecular formula is C13H24N2O4S. The van der Waals surface area contributed by atoms with Gasteiger partial charge in [0.15, 0.2) is 0 Å². The first-order valence-corrected chi connectivity index (χ1v) is 9.23. The number of piperidine rings is 1. The van der Waals surface area contributed by atoms with Gasteiger partial charge in [-0.3, -0.25) is 4.79 Å². The Hall–Kier alpha value is -0.660. The standard InChI is InChI=1S/C13H24N2O4S/c1-20(18,19)10-8-14-6-4-13(11-14)3-2-5-15(7-9-16)12(13)17/h16H,2-11H2,1H3/t13-/m0/s1. The maximum Gasteiger partial charge on any atom is 0.230 e. The lowest BCUT2D eigenvalue weighted by molar-refractivity contribution is -0.146. The van der Waals surface area contributed by atoms with E-state index in [2.05, 4.69) is 4.90 Å². The highest BCUT2D eigenvalue weighted by Gasteiger charge is 2.47. The Labute approximate surface area is 120 Å². The van der Waals surface area contributed by atoms with Gasteiger partial charge in [0.1, 0.15) is 9.84 Å². The minimum atomic E-state index is -2.96. The summed E-state index contributed by atoms with van der Waals surface area (Å²) in [6.07, 6.45) is 3.89. The van der Waals surface area contributed by atoms with Crippen molar-refractivity contribution in [3.63, 3.8) is 0 Å². The molecule has 0 aromatic rings. The van der Waals surface area contributed by atoms with Crippen molar-refractivity contribution in [2.24, 2.45) is 5.41 Å². The maximum absolute atomic E-state index is 12.6. The first kappa shape index (κ1) is 15.7. The van der Waals surface area contributed by atoms with Crippen molar-refractivity contribution >= 4 is 15.7 Å². The second-order valence-corrected chi connectivity index (χ2v) is 8.32. The van der Waals surface area contributed by atoms with Gasteiger partial charge in [0.25, 0.3) is 0 Å². The first-order chi connectivity index (χ1) is 9.36. The Bertz CT molecular complexity index is 463. The van der Waals surface area contributed by atoms with E-state index < -0.39 is 9.84 Å². The van der Waals surface area contributed by atoms with E-state index in [1.165, 1.54) is 6.26 Å². The van der Waals surface area contributed by atoms with E-state index in [1.54, 1.807) is 4.90 Å². The lowest BCUT2D eigenvalue weighted by Gasteiger charge is -2.39. The van der Waals surface area contributed by atoms with Gasteiger partial charge in [-0.15, -0.1) is 0 Å². The van der Waals surface area contributed by atoms with E-state index in [0.717, 1.165) is 32.4 Å². The van der Waals surface area contributed by atoms with Crippen molar-refractivity contribution in [2.45, 2.75) is 19.3 Å². The van der Waals surface area contributed by atoms with Crippen molar-refractivity contribution < 1.29 is 18.3 Å². The fourth-order valence-corrected chi connectivity index (χ4v) is 3.90. The quantitative estimate of drug-likeness (QED) is 0.729. The summed E-state index contributed by atoms with van der Waals surface area (Å²) in [6, 6.07) is 0. The minimum absolute atomic E-state index is 0.000384. The van der Waals surface area contributed by atoms with Crippen LogP contribution in [0, 0.1) is 5.41 Å². The molecule has 1 N–H and O–H groups in total. The van der Waals surface area contributed by atoms with Gasteiger partial charge in [0, 0.05) is 32.4 Å². The van der Waals surface area contributed by atoms with Crippen LogP contribution in [0.5, 0.6) is 0 Å². The average Bonchev–Trinajstić information content (AvgIpc) is 2.77. The summed E-state index contributed by atoms with van der Waals surface area (Å²) < 4.78 is 22.5. The zero-order chi connectivity index (χ0) is 14.8. The largest absolute Gasteiger partial charge is 0.395 e. The van der Waals surface area contributed by atoms with Crippen LogP contribution in [0.4, 0.5) is 0 Å². The summed E-state index contributed by atoms with van der Waals surface area (Å²) in [6.45, 7) is 3.08. The molecule has 0 aromatic heterocycles. The van der Waals surface area contributed by atoms with Gasteiger partial charge < -0.3 is 14.9 Å². The second kappa shape index (κ2) is 5.99. The number of hydrogen-bond donors (Lipinski definition) is 1. The number of rotatable bonds is 5. The van der Waals surface area contributed by atoms with Crippen LogP contribution in [-0.4, -0.2) is 80.6 Å². The van der Waals surface area contributed by atoms with Gasteiger partial charge in [-0.2, -0.15) is 0 Å². The van der Waals surface area contributed by atoms with Gasteiger partial charge in [-0.1, -0.05) is 0 Å². The molecule has 0 saturated carbocycles. The third-order valence-corrected chi connectivity index (χ3v) is 5.33. The van der Waals surface area contributed by atoms with Crippen LogP contribution in [0.15, 0.2) is 0 Å². The van der Waals surface area contributed by atoms with Crippen LogP contribution in [-0.2, 0) is 14.6 Å². The molecule has 2 heterocycles. The van der Waals surface area contributed by atoms with E-state index in [-0.39, 0.29) is 23.7 Å². The Morgan fingerprint density at radius 3 is 2.65 bits per heavy atom. The van der Waals surface area contributed by atoms with Gasteiger partial charge in [-0.25, -0.2) is 8.42 Å². The van der Waals surface area contributed by atoms with E-state index in [0.29, 0.717) is 19.6 Å². The van der Waals surface area contributed by atoms with Crippen molar-refractivity contribution in [3.05, 3.63) is 0 Å². The van der Waals surface area contributed by atoms with Crippen LogP contribution in [0.1, 0.15) is 19.3 Å². The first-order valence-electron chi connectivity index (χ1n) is 7.17. The van der Waals surface area contributed by atoms with E-state index in [4.69, 9.17) is 5.11 Å². The summed E-state index contributed by atoms with van der Waals surface area (Å²) in [7, 11) is -2.96. The fourth-order valence-electron chi connectivity index (χ4n) is 3.31. The molecule has 1 atom stereocenters. The summed E-state index contributed by atoms with van der Waals surface area (Å²) in [4.78, 5) is 16.4. The van der Waals surface area contributed by atoms with Crippen LogP contribution >= 0.6 is 0 Å². The number of carbonyl (C=O) groups excluding carboxylic acids is 1. The van der Waals surface area contributed by atoms with Crippen LogP contribution in [0.2, 0.25) is 0 Å². The van der Waals surface area contributed by atoms with E-state index in [1.807, 2.05) is 0 Å². The predicted molar refractivity (Wildman–Crippen MR) is 76.1 cm³/mol. The number of hydrogen-bond acceptors (Lipinski definition) is 5. The van der Waals surface area contributed by atoms with Gasteiger partial charge >= 0.3 is 0 Å². The number of carbonyl (C=O) groups is 1. The Morgan fingerprint density at radius 2 is 2.00 bits per heavy atom. The number of sulfone groups is 1. The highest BCUT2D eigenvalue weighted by atomic mass is 32.2. The molecule has 7 heteroatoms. The number of amides is 1. The molecule has 1 amide bonds. The predicted octanol–water partition coefficient (Wildman–Crippen LogP) is -0.662. The SMILES string of the molecule is CS(=O)(=O)CCN1CC[C@@]2(CCCN(CCO)C2=O)C1. The number of aliphatic hydroxyl groups is 1. The number of β-amino-alcohol motifs (C(OH)–C–C–N with tert-alkyl or cyclic N) is 1. The molecule has 2 saturated heterocycles. The normalized spacial score (nSPS) is 28.5. The van der Waals surface area contributed by atoms with Gasteiger partial charge in [0.05, 0.1) is 17.8 Å². The Morgan fingerprint density at radius 1 is 1.25 bits per heavy atom. The Balaban J connectivity index is 1.97. The lowest BCUT2D eigenvalue weighted by atomic mass is 9.78. The molecule has 0 bridgehead atoms. The highest BCUT2D eigenvalue weighted by Crippen LogP contribution is 2.39. The second-order valence-electron chi connectivity index (χ2n) is 6.06. The Kier molecular flexibility index (Phi) is 4.71. The minimum Gasteiger partial charge on any atom is -0.395 e. The third-order valence-electron chi connectivity index (χ3n) is 4.41. The van der Waals surface area contributed by atoms with Gasteiger partial charge in [0.2, 0.25) is 5.91 Å². The van der Waals surface area contributed by atoms with Crippen molar-refractivity contribution in [1.29, 1.82) is 0 Å². The molecule has 0 aromatic carbocycles. The summed E-state index contributed by atoms with van der Waals surface area (Å²) in [5, 5.41) is 9.02. The highest BCUT2D eigenvalue weighted by molar-refractivity contribution is 7.90. The zero-order valence-corrected chi connectivity index (χ0v) is 12.9. The molecule has 116 valence electrons. The molecule has 0 aliphatic carbocycles. The maximum atomic E-state index is 12.6. The molecule has 6 nitrogen and oxygen atoms in total. The van der Waals surface area contributed by atoms with Crippen molar-refractivity contribution in [3.8, 4) is 0 Å². The summed E-state index contributed by atoms with van der Waals surface area (Å²) in [5.74, 6) is 0.289. The van der Waals surface area contributed by atoms with E-state index >= 15 is 0 Å². The van der Waals surface area contributed by atoms with E-state index in [9.17, 15) is 13.2 Å². The van der Waals surface area contributed by atoms with Crippen molar-refractivity contribution in [2.75, 3.05) is 51.3 Å². The van der Waals surface area contributed by atoms with Crippen LogP contribution in [0.3, 0.4) is 0 Å². The summed E-state index contributed by atoms with van der Waals surface area (Å²) in [5.41, 5.74) is -0.342. The molecule has 1 spiro atoms. The molecule has 0 unspecified atom stereocenters. The molecule has 2 aliphatic heterocycles. The van der Waals surface area contributed by atoms with Gasteiger partial charge in [-0.05, 0) is 25.8 Å². The molecule has 0 radical (unpaired) electrons. The molecule has 2 aliphatic rings. The lowest BCUT2D eigenvalue weighted by Crippen LogP contribution is -2.51. The monoisotopic (exact) mass is 304 g/mol. The number of nitrogens with zero attached hydrogens (tertiary/aromatic N) is 2. The molecule has 2 rings (SSSR count). The number of aliphatic hydroxyl groups excluding tert-OH is 1. The summed E-state index contributed by atoms with van der Waals surface area (Å²) >= 11 is 0. The fraction of sp³-hybridized carbons (Fsp3) is 0.923. The number of likely N-dealkylation sites (tertiary alicyclic amines) is 2.